The quantitative estimate of drug-likeness (QED) is 0.599. The molecule has 1 fully saturated rings. The molecule has 1 aliphatic carbocycles. The number of nitro benzene ring substituents is 1. The molecule has 1 aliphatic rings. The summed E-state index contributed by atoms with van der Waals surface area (Å²) in [5.41, 5.74) is -0.0111. The Morgan fingerprint density at radius 1 is 1.47 bits per heavy atom. The van der Waals surface area contributed by atoms with Crippen molar-refractivity contribution in [3.63, 3.8) is 0 Å². The Balaban J connectivity index is 2.13. The van der Waals surface area contributed by atoms with Crippen molar-refractivity contribution in [3.05, 3.63) is 33.3 Å². The van der Waals surface area contributed by atoms with E-state index >= 15 is 0 Å². The summed E-state index contributed by atoms with van der Waals surface area (Å²) >= 11 is 5.89. The van der Waals surface area contributed by atoms with Crippen LogP contribution >= 0.6 is 11.6 Å². The molecule has 0 amide bonds. The van der Waals surface area contributed by atoms with Crippen LogP contribution in [0.15, 0.2) is 18.2 Å². The van der Waals surface area contributed by atoms with E-state index in [1.165, 1.54) is 24.6 Å². The minimum absolute atomic E-state index is 0.0111. The molecule has 2 unspecified atom stereocenters. The van der Waals surface area contributed by atoms with Crippen molar-refractivity contribution in [1.82, 2.24) is 0 Å². The van der Waals surface area contributed by atoms with Crippen LogP contribution in [-0.4, -0.2) is 11.0 Å². The average Bonchev–Trinajstić information content (AvgIpc) is 2.38. The highest BCUT2D eigenvalue weighted by Gasteiger charge is 2.25. The molecule has 104 valence electrons. The van der Waals surface area contributed by atoms with Gasteiger partial charge >= 0.3 is 5.69 Å². The van der Waals surface area contributed by atoms with E-state index in [9.17, 15) is 10.1 Å². The number of nitrogens with zero attached hydrogens (tertiary/aromatic N) is 1. The second-order valence-corrected chi connectivity index (χ2v) is 5.49. The third-order valence-corrected chi connectivity index (χ3v) is 3.96. The maximum Gasteiger partial charge on any atom is 0.311 e. The Morgan fingerprint density at radius 2 is 2.26 bits per heavy atom. The number of rotatable bonds is 4. The number of ether oxygens (including phenoxy) is 1. The fourth-order valence-electron chi connectivity index (χ4n) is 2.63. The van der Waals surface area contributed by atoms with Crippen LogP contribution in [0.1, 0.15) is 39.0 Å². The zero-order valence-electron chi connectivity index (χ0n) is 11.0. The molecule has 0 aliphatic heterocycles. The number of nitro groups is 1. The van der Waals surface area contributed by atoms with Crippen LogP contribution < -0.4 is 4.74 Å². The summed E-state index contributed by atoms with van der Waals surface area (Å²) in [5, 5.41) is 11.4. The van der Waals surface area contributed by atoms with E-state index in [0.29, 0.717) is 16.7 Å². The van der Waals surface area contributed by atoms with Crippen molar-refractivity contribution in [3.8, 4) is 5.75 Å². The predicted molar refractivity (Wildman–Crippen MR) is 74.8 cm³/mol. The first kappa shape index (κ1) is 14.1. The van der Waals surface area contributed by atoms with Gasteiger partial charge in [0.2, 0.25) is 0 Å². The highest BCUT2D eigenvalue weighted by Crippen LogP contribution is 2.35. The molecule has 19 heavy (non-hydrogen) atoms. The van der Waals surface area contributed by atoms with Crippen LogP contribution in [0.5, 0.6) is 5.75 Å². The van der Waals surface area contributed by atoms with Crippen LogP contribution in [0.25, 0.3) is 0 Å². The molecule has 0 bridgehead atoms. The molecule has 0 N–H and O–H groups in total. The summed E-state index contributed by atoms with van der Waals surface area (Å²) in [5.74, 6) is 0.955. The van der Waals surface area contributed by atoms with Gasteiger partial charge in [0.1, 0.15) is 0 Å². The van der Waals surface area contributed by atoms with Crippen molar-refractivity contribution in [2.24, 2.45) is 5.92 Å². The van der Waals surface area contributed by atoms with Crippen LogP contribution in [0, 0.1) is 16.0 Å². The van der Waals surface area contributed by atoms with Gasteiger partial charge in [0.05, 0.1) is 11.0 Å². The zero-order chi connectivity index (χ0) is 13.8. The van der Waals surface area contributed by atoms with Gasteiger partial charge in [-0.3, -0.25) is 10.1 Å². The Kier molecular flexibility index (Phi) is 4.64. The van der Waals surface area contributed by atoms with Gasteiger partial charge in [-0.2, -0.15) is 0 Å². The average molecular weight is 284 g/mol. The molecule has 0 saturated heterocycles. The molecular formula is C14H18ClNO3. The van der Waals surface area contributed by atoms with Gasteiger partial charge in [0.25, 0.3) is 0 Å². The highest BCUT2D eigenvalue weighted by molar-refractivity contribution is 6.30. The Labute approximate surface area is 117 Å². The largest absolute Gasteiger partial charge is 0.483 e. The SMILES string of the molecule is CCC1CCCC(Oc2cc(Cl)ccc2[N+](=O)[O-])C1. The third-order valence-electron chi connectivity index (χ3n) is 3.72. The van der Waals surface area contributed by atoms with Crippen LogP contribution in [0.4, 0.5) is 5.69 Å². The molecule has 2 atom stereocenters. The lowest BCUT2D eigenvalue weighted by Crippen LogP contribution is -2.25. The van der Waals surface area contributed by atoms with Crippen molar-refractivity contribution in [2.45, 2.75) is 45.1 Å². The first-order valence-corrected chi connectivity index (χ1v) is 7.08. The Hall–Kier alpha value is -1.29. The van der Waals surface area contributed by atoms with Gasteiger partial charge < -0.3 is 4.74 Å². The fourth-order valence-corrected chi connectivity index (χ4v) is 2.79. The summed E-state index contributed by atoms with van der Waals surface area (Å²) in [4.78, 5) is 10.6. The van der Waals surface area contributed by atoms with Crippen LogP contribution in [0.3, 0.4) is 0 Å². The van der Waals surface area contributed by atoms with Crippen molar-refractivity contribution < 1.29 is 9.66 Å². The van der Waals surface area contributed by atoms with E-state index in [0.717, 1.165) is 25.7 Å². The molecule has 4 nitrogen and oxygen atoms in total. The van der Waals surface area contributed by atoms with Gasteiger partial charge in [-0.05, 0) is 31.2 Å². The molecule has 1 saturated carbocycles. The van der Waals surface area contributed by atoms with Gasteiger partial charge in [0, 0.05) is 17.2 Å². The zero-order valence-corrected chi connectivity index (χ0v) is 11.7. The highest BCUT2D eigenvalue weighted by atomic mass is 35.5. The Morgan fingerprint density at radius 3 is 2.95 bits per heavy atom. The minimum atomic E-state index is -0.425. The molecule has 0 spiro atoms. The van der Waals surface area contributed by atoms with Crippen molar-refractivity contribution in [1.29, 1.82) is 0 Å². The molecule has 5 heteroatoms. The summed E-state index contributed by atoms with van der Waals surface area (Å²) in [6.45, 7) is 2.18. The molecule has 0 heterocycles. The normalized spacial score (nSPS) is 23.1. The lowest BCUT2D eigenvalue weighted by atomic mass is 9.85. The topological polar surface area (TPSA) is 52.4 Å². The number of hydrogen-bond acceptors (Lipinski definition) is 3. The predicted octanol–water partition coefficient (Wildman–Crippen LogP) is 4.60. The maximum atomic E-state index is 11.0. The molecular weight excluding hydrogens is 266 g/mol. The van der Waals surface area contributed by atoms with Gasteiger partial charge in [-0.1, -0.05) is 31.4 Å². The second-order valence-electron chi connectivity index (χ2n) is 5.05. The standard InChI is InChI=1S/C14H18ClNO3/c1-2-10-4-3-5-12(8-10)19-14-9-11(15)6-7-13(14)16(17)18/h6-7,9-10,12H,2-5,8H2,1H3. The monoisotopic (exact) mass is 283 g/mol. The second kappa shape index (κ2) is 6.24. The van der Waals surface area contributed by atoms with E-state index < -0.39 is 4.92 Å². The molecule has 1 aromatic rings. The number of benzene rings is 1. The summed E-state index contributed by atoms with van der Waals surface area (Å²) in [6, 6.07) is 4.45. The molecule has 0 aromatic heterocycles. The lowest BCUT2D eigenvalue weighted by molar-refractivity contribution is -0.386. The van der Waals surface area contributed by atoms with E-state index in [4.69, 9.17) is 16.3 Å². The third kappa shape index (κ3) is 3.60. The summed E-state index contributed by atoms with van der Waals surface area (Å²) in [6.07, 6.45) is 5.49. The van der Waals surface area contributed by atoms with Crippen molar-refractivity contribution >= 4 is 17.3 Å². The molecule has 0 radical (unpaired) electrons. The minimum Gasteiger partial charge on any atom is -0.483 e. The van der Waals surface area contributed by atoms with Crippen LogP contribution in [-0.2, 0) is 0 Å². The van der Waals surface area contributed by atoms with E-state index in [1.807, 2.05) is 0 Å². The van der Waals surface area contributed by atoms with Gasteiger partial charge in [-0.25, -0.2) is 0 Å². The first-order chi connectivity index (χ1) is 9.10. The fraction of sp³-hybridized carbons (Fsp3) is 0.571. The van der Waals surface area contributed by atoms with Crippen molar-refractivity contribution in [2.75, 3.05) is 0 Å². The van der Waals surface area contributed by atoms with E-state index in [1.54, 1.807) is 0 Å². The van der Waals surface area contributed by atoms with Crippen LogP contribution in [0.2, 0.25) is 5.02 Å². The maximum absolute atomic E-state index is 11.0. The van der Waals surface area contributed by atoms with E-state index in [-0.39, 0.29) is 11.8 Å². The molecule has 2 rings (SSSR count). The lowest BCUT2D eigenvalue weighted by Gasteiger charge is -2.28. The summed E-state index contributed by atoms with van der Waals surface area (Å²) in [7, 11) is 0. The first-order valence-electron chi connectivity index (χ1n) is 6.70. The summed E-state index contributed by atoms with van der Waals surface area (Å²) < 4.78 is 5.83. The Bertz CT molecular complexity index is 464. The van der Waals surface area contributed by atoms with E-state index in [2.05, 4.69) is 6.92 Å². The smallest absolute Gasteiger partial charge is 0.311 e. The van der Waals surface area contributed by atoms with Gasteiger partial charge in [0.15, 0.2) is 5.75 Å². The van der Waals surface area contributed by atoms with Gasteiger partial charge in [-0.15, -0.1) is 0 Å². The number of halogens is 1. The molecule has 1 aromatic carbocycles. The number of hydrogen-bond donors (Lipinski definition) is 0.